The van der Waals surface area contributed by atoms with Crippen LogP contribution < -0.4 is 5.73 Å². The zero-order valence-corrected chi connectivity index (χ0v) is 13.8. The van der Waals surface area contributed by atoms with Crippen molar-refractivity contribution in [2.75, 3.05) is 12.3 Å². The third-order valence-corrected chi connectivity index (χ3v) is 4.59. The highest BCUT2D eigenvalue weighted by molar-refractivity contribution is 8.26. The quantitative estimate of drug-likeness (QED) is 0.479. The Morgan fingerprint density at radius 1 is 1.50 bits per heavy atom. The SMILES string of the molecule is Nc1ccc(Cl)cc1/C=C1\SC(=S)N(CCCC(=O)O)C1=O. The van der Waals surface area contributed by atoms with Crippen molar-refractivity contribution in [1.29, 1.82) is 0 Å². The van der Waals surface area contributed by atoms with Gasteiger partial charge in [-0.25, -0.2) is 0 Å². The lowest BCUT2D eigenvalue weighted by atomic mass is 10.1. The van der Waals surface area contributed by atoms with Gasteiger partial charge in [-0.2, -0.15) is 0 Å². The summed E-state index contributed by atoms with van der Waals surface area (Å²) in [6, 6.07) is 5.01. The molecule has 0 atom stereocenters. The lowest BCUT2D eigenvalue weighted by molar-refractivity contribution is -0.137. The van der Waals surface area contributed by atoms with Crippen molar-refractivity contribution < 1.29 is 14.7 Å². The number of anilines is 1. The van der Waals surface area contributed by atoms with Gasteiger partial charge in [0.25, 0.3) is 5.91 Å². The van der Waals surface area contributed by atoms with Crippen LogP contribution >= 0.6 is 35.6 Å². The number of aliphatic carboxylic acids is 1. The molecule has 1 aliphatic rings. The third kappa shape index (κ3) is 4.00. The van der Waals surface area contributed by atoms with Crippen molar-refractivity contribution in [3.05, 3.63) is 33.7 Å². The van der Waals surface area contributed by atoms with Crippen LogP contribution in [-0.2, 0) is 9.59 Å². The molecule has 5 nitrogen and oxygen atoms in total. The smallest absolute Gasteiger partial charge is 0.303 e. The van der Waals surface area contributed by atoms with Crippen molar-refractivity contribution in [2.24, 2.45) is 0 Å². The minimum atomic E-state index is -0.896. The first-order chi connectivity index (χ1) is 10.4. The molecule has 0 spiro atoms. The first kappa shape index (κ1) is 16.8. The van der Waals surface area contributed by atoms with Crippen molar-refractivity contribution in [3.63, 3.8) is 0 Å². The van der Waals surface area contributed by atoms with E-state index < -0.39 is 5.97 Å². The normalized spacial score (nSPS) is 16.6. The molecule has 1 heterocycles. The Bertz CT molecular complexity index is 676. The van der Waals surface area contributed by atoms with Crippen molar-refractivity contribution >= 4 is 63.5 Å². The van der Waals surface area contributed by atoms with Gasteiger partial charge in [0.15, 0.2) is 0 Å². The molecule has 1 aromatic rings. The first-order valence-corrected chi connectivity index (χ1v) is 8.01. The van der Waals surface area contributed by atoms with E-state index in [1.165, 1.54) is 16.7 Å². The van der Waals surface area contributed by atoms with E-state index in [0.717, 1.165) is 0 Å². The Morgan fingerprint density at radius 2 is 2.23 bits per heavy atom. The van der Waals surface area contributed by atoms with Gasteiger partial charge in [0.1, 0.15) is 4.32 Å². The molecular formula is C14H13ClN2O3S2. The number of nitrogen functional groups attached to an aromatic ring is 1. The molecule has 116 valence electrons. The molecule has 0 unspecified atom stereocenters. The van der Waals surface area contributed by atoms with E-state index in [1.807, 2.05) is 0 Å². The fourth-order valence-corrected chi connectivity index (χ4v) is 3.37. The maximum atomic E-state index is 12.3. The van der Waals surface area contributed by atoms with Crippen LogP contribution in [0.25, 0.3) is 6.08 Å². The number of carboxylic acids is 1. The molecule has 1 aromatic carbocycles. The fraction of sp³-hybridized carbons (Fsp3) is 0.214. The summed E-state index contributed by atoms with van der Waals surface area (Å²) in [4.78, 5) is 24.7. The summed E-state index contributed by atoms with van der Waals surface area (Å²) >= 11 is 12.3. The number of halogens is 1. The number of nitrogens with zero attached hydrogens (tertiary/aromatic N) is 1. The van der Waals surface area contributed by atoms with Gasteiger partial charge in [0, 0.05) is 29.2 Å². The Balaban J connectivity index is 2.15. The summed E-state index contributed by atoms with van der Waals surface area (Å²) in [5, 5.41) is 9.17. The molecule has 0 saturated carbocycles. The highest BCUT2D eigenvalue weighted by Crippen LogP contribution is 2.34. The third-order valence-electron chi connectivity index (χ3n) is 2.98. The topological polar surface area (TPSA) is 83.6 Å². The van der Waals surface area contributed by atoms with E-state index >= 15 is 0 Å². The molecule has 1 saturated heterocycles. The van der Waals surface area contributed by atoms with Crippen LogP contribution in [0.4, 0.5) is 5.69 Å². The van der Waals surface area contributed by atoms with Crippen LogP contribution in [-0.4, -0.2) is 32.7 Å². The molecule has 1 amide bonds. The summed E-state index contributed by atoms with van der Waals surface area (Å²) in [6.07, 6.45) is 2.00. The van der Waals surface area contributed by atoms with Crippen molar-refractivity contribution in [1.82, 2.24) is 4.90 Å². The minimum Gasteiger partial charge on any atom is -0.481 e. The molecule has 0 bridgehead atoms. The molecule has 0 radical (unpaired) electrons. The van der Waals surface area contributed by atoms with Crippen LogP contribution in [0.5, 0.6) is 0 Å². The molecule has 8 heteroatoms. The zero-order valence-electron chi connectivity index (χ0n) is 11.4. The second kappa shape index (κ2) is 7.13. The van der Waals surface area contributed by atoms with Gasteiger partial charge >= 0.3 is 5.97 Å². The standard InChI is InChI=1S/C14H13ClN2O3S2/c15-9-3-4-10(16)8(6-9)7-11-13(20)17(14(21)22-11)5-1-2-12(18)19/h3-4,6-7H,1-2,5,16H2,(H,18,19)/b11-7-. The zero-order chi connectivity index (χ0) is 16.3. The molecule has 0 aliphatic carbocycles. The Morgan fingerprint density at radius 3 is 2.91 bits per heavy atom. The van der Waals surface area contributed by atoms with Gasteiger partial charge < -0.3 is 10.8 Å². The van der Waals surface area contributed by atoms with E-state index in [-0.39, 0.29) is 12.3 Å². The largest absolute Gasteiger partial charge is 0.481 e. The number of rotatable bonds is 5. The van der Waals surface area contributed by atoms with Crippen LogP contribution in [0, 0.1) is 0 Å². The average molecular weight is 357 g/mol. The van der Waals surface area contributed by atoms with Crippen molar-refractivity contribution in [3.8, 4) is 0 Å². The number of thiocarbonyl (C=S) groups is 1. The van der Waals surface area contributed by atoms with Gasteiger partial charge in [0.05, 0.1) is 4.91 Å². The molecule has 0 aromatic heterocycles. The van der Waals surface area contributed by atoms with E-state index in [9.17, 15) is 9.59 Å². The summed E-state index contributed by atoms with van der Waals surface area (Å²) in [7, 11) is 0. The maximum absolute atomic E-state index is 12.3. The number of carbonyl (C=O) groups is 2. The number of amides is 1. The number of thioether (sulfide) groups is 1. The number of hydrogen-bond donors (Lipinski definition) is 2. The predicted molar refractivity (Wildman–Crippen MR) is 92.6 cm³/mol. The number of carboxylic acid groups (broad SMARTS) is 1. The number of nitrogens with two attached hydrogens (primary N) is 1. The minimum absolute atomic E-state index is 0.00263. The molecule has 1 aliphatic heterocycles. The average Bonchev–Trinajstić information content (AvgIpc) is 2.70. The van der Waals surface area contributed by atoms with Gasteiger partial charge in [-0.15, -0.1) is 0 Å². The van der Waals surface area contributed by atoms with Gasteiger partial charge in [-0.1, -0.05) is 35.6 Å². The van der Waals surface area contributed by atoms with Crippen LogP contribution in [0.15, 0.2) is 23.1 Å². The predicted octanol–water partition coefficient (Wildman–Crippen LogP) is 2.99. The summed E-state index contributed by atoms with van der Waals surface area (Å²) in [5.41, 5.74) is 7.03. The summed E-state index contributed by atoms with van der Waals surface area (Å²) in [6.45, 7) is 0.291. The highest BCUT2D eigenvalue weighted by Gasteiger charge is 2.31. The van der Waals surface area contributed by atoms with E-state index in [4.69, 9.17) is 34.7 Å². The van der Waals surface area contributed by atoms with Crippen LogP contribution in [0.2, 0.25) is 5.02 Å². The molecule has 3 N–H and O–H groups in total. The lowest BCUT2D eigenvalue weighted by Gasteiger charge is -2.13. The highest BCUT2D eigenvalue weighted by atomic mass is 35.5. The fourth-order valence-electron chi connectivity index (χ4n) is 1.89. The lowest BCUT2D eigenvalue weighted by Crippen LogP contribution is -2.29. The summed E-state index contributed by atoms with van der Waals surface area (Å²) < 4.78 is 0.419. The molecule has 1 fully saturated rings. The van der Waals surface area contributed by atoms with Crippen molar-refractivity contribution in [2.45, 2.75) is 12.8 Å². The Labute approximate surface area is 142 Å². The summed E-state index contributed by atoms with van der Waals surface area (Å²) in [5.74, 6) is -1.13. The van der Waals surface area contributed by atoms with Gasteiger partial charge in [-0.05, 0) is 30.7 Å². The van der Waals surface area contributed by atoms with E-state index in [0.29, 0.717) is 38.5 Å². The van der Waals surface area contributed by atoms with Gasteiger partial charge in [0.2, 0.25) is 0 Å². The second-order valence-corrected chi connectivity index (χ2v) is 6.72. The molecular weight excluding hydrogens is 344 g/mol. The monoisotopic (exact) mass is 356 g/mol. The second-order valence-electron chi connectivity index (χ2n) is 4.60. The number of benzene rings is 1. The number of carbonyl (C=O) groups excluding carboxylic acids is 1. The molecule has 2 rings (SSSR count). The van der Waals surface area contributed by atoms with E-state index in [2.05, 4.69) is 0 Å². The number of hydrogen-bond acceptors (Lipinski definition) is 5. The van der Waals surface area contributed by atoms with Crippen LogP contribution in [0.1, 0.15) is 18.4 Å². The van der Waals surface area contributed by atoms with Gasteiger partial charge in [-0.3, -0.25) is 14.5 Å². The Hall–Kier alpha value is -1.57. The first-order valence-electron chi connectivity index (χ1n) is 6.40. The maximum Gasteiger partial charge on any atom is 0.303 e. The van der Waals surface area contributed by atoms with Crippen LogP contribution in [0.3, 0.4) is 0 Å². The Kier molecular flexibility index (Phi) is 5.44. The molecule has 22 heavy (non-hydrogen) atoms. The van der Waals surface area contributed by atoms with E-state index in [1.54, 1.807) is 24.3 Å².